The van der Waals surface area contributed by atoms with Crippen LogP contribution in [0.25, 0.3) is 0 Å². The molecule has 0 radical (unpaired) electrons. The van der Waals surface area contributed by atoms with E-state index < -0.39 is 0 Å². The average molecular weight is 434 g/mol. The third-order valence-electron chi connectivity index (χ3n) is 6.57. The monoisotopic (exact) mass is 433 g/mol. The Hall–Kier alpha value is -2.86. The van der Waals surface area contributed by atoms with E-state index in [4.69, 9.17) is 0 Å². The molecule has 160 valence electrons. The molecule has 1 aliphatic carbocycles. The van der Waals surface area contributed by atoms with Gasteiger partial charge in [-0.2, -0.15) is 11.3 Å². The van der Waals surface area contributed by atoms with Crippen LogP contribution in [0.2, 0.25) is 0 Å². The van der Waals surface area contributed by atoms with Crippen molar-refractivity contribution in [3.05, 3.63) is 75.3 Å². The zero-order valence-electron chi connectivity index (χ0n) is 17.8. The van der Waals surface area contributed by atoms with Gasteiger partial charge in [0.05, 0.1) is 0 Å². The van der Waals surface area contributed by atoms with Crippen LogP contribution < -0.4 is 10.2 Å². The zero-order chi connectivity index (χ0) is 21.4. The molecule has 2 aromatic rings. The van der Waals surface area contributed by atoms with Crippen LogP contribution >= 0.6 is 11.3 Å². The molecule has 0 spiro atoms. The molecule has 1 N–H and O–H groups in total. The third-order valence-corrected chi connectivity index (χ3v) is 7.27. The summed E-state index contributed by atoms with van der Waals surface area (Å²) < 4.78 is 0. The average Bonchev–Trinajstić information content (AvgIpc) is 3.33. The summed E-state index contributed by atoms with van der Waals surface area (Å²) in [4.78, 5) is 31.0. The molecule has 31 heavy (non-hydrogen) atoms. The lowest BCUT2D eigenvalue weighted by Gasteiger charge is -2.39. The van der Waals surface area contributed by atoms with Gasteiger partial charge < -0.3 is 15.1 Å². The number of anilines is 1. The van der Waals surface area contributed by atoms with Crippen LogP contribution in [0, 0.1) is 0 Å². The summed E-state index contributed by atoms with van der Waals surface area (Å²) in [5.41, 5.74) is 5.69. The molecule has 2 aliphatic heterocycles. The molecule has 6 heteroatoms. The number of para-hydroxylation sites is 1. The second-order valence-electron chi connectivity index (χ2n) is 8.44. The fourth-order valence-corrected chi connectivity index (χ4v) is 5.70. The highest BCUT2D eigenvalue weighted by atomic mass is 32.1. The molecule has 1 unspecified atom stereocenters. The van der Waals surface area contributed by atoms with Gasteiger partial charge in [0.1, 0.15) is 0 Å². The molecule has 1 aromatic carbocycles. The summed E-state index contributed by atoms with van der Waals surface area (Å²) in [6, 6.07) is 12.4. The van der Waals surface area contributed by atoms with E-state index in [9.17, 15) is 9.59 Å². The second kappa shape index (κ2) is 8.35. The van der Waals surface area contributed by atoms with Crippen molar-refractivity contribution >= 4 is 28.7 Å². The molecule has 3 aliphatic rings. The topological polar surface area (TPSA) is 52.7 Å². The lowest BCUT2D eigenvalue weighted by atomic mass is 9.75. The van der Waals surface area contributed by atoms with E-state index in [0.29, 0.717) is 19.5 Å². The number of amides is 1. The number of ketones is 1. The number of piperazine rings is 1. The molecule has 0 saturated carbocycles. The second-order valence-corrected chi connectivity index (χ2v) is 9.22. The van der Waals surface area contributed by atoms with Crippen LogP contribution in [0.15, 0.2) is 69.7 Å². The fraction of sp³-hybridized carbons (Fsp3) is 0.360. The number of hydrogen-bond acceptors (Lipinski definition) is 5. The van der Waals surface area contributed by atoms with Gasteiger partial charge in [-0.3, -0.25) is 9.59 Å². The number of carbonyl (C=O) groups is 2. The summed E-state index contributed by atoms with van der Waals surface area (Å²) in [5.74, 6) is -0.0227. The summed E-state index contributed by atoms with van der Waals surface area (Å²) in [7, 11) is 0. The quantitative estimate of drug-likeness (QED) is 0.793. The van der Waals surface area contributed by atoms with Gasteiger partial charge in [0.25, 0.3) is 5.91 Å². The molecule has 0 bridgehead atoms. The van der Waals surface area contributed by atoms with Crippen LogP contribution in [-0.4, -0.2) is 42.8 Å². The van der Waals surface area contributed by atoms with Gasteiger partial charge in [-0.25, -0.2) is 0 Å². The molecule has 5 rings (SSSR count). The summed E-state index contributed by atoms with van der Waals surface area (Å²) in [6.45, 7) is 4.97. The first kappa shape index (κ1) is 20.1. The Labute approximate surface area is 187 Å². The number of carbonyl (C=O) groups excluding carboxylic acids is 2. The van der Waals surface area contributed by atoms with E-state index in [1.165, 1.54) is 5.69 Å². The number of nitrogens with zero attached hydrogens (tertiary/aromatic N) is 2. The van der Waals surface area contributed by atoms with Crippen LogP contribution in [0.3, 0.4) is 0 Å². The number of hydrogen-bond donors (Lipinski definition) is 1. The van der Waals surface area contributed by atoms with Gasteiger partial charge in [0.15, 0.2) is 5.78 Å². The highest BCUT2D eigenvalue weighted by Crippen LogP contribution is 2.43. The predicted octanol–water partition coefficient (Wildman–Crippen LogP) is 4.06. The molecule has 5 nitrogen and oxygen atoms in total. The number of Topliss-reactive ketones (excluding diaryl/α,β-unsaturated/α-hetero) is 1. The standard InChI is InChI=1S/C25H27N3O2S/c1-17-22(25(30)28-13-11-27(12-14-28)19-6-3-2-4-7-19)23(18-10-15-31-16-18)24-20(26-17)8-5-9-21(24)29/h2-4,6-7,10,15-16,23,26H,5,8-9,11-14H2,1H3. The van der Waals surface area contributed by atoms with Gasteiger partial charge in [-0.1, -0.05) is 18.2 Å². The van der Waals surface area contributed by atoms with E-state index in [-0.39, 0.29) is 17.6 Å². The lowest BCUT2D eigenvalue weighted by Crippen LogP contribution is -2.50. The summed E-state index contributed by atoms with van der Waals surface area (Å²) in [5, 5.41) is 7.54. The SMILES string of the molecule is CC1=C(C(=O)N2CCN(c3ccccc3)CC2)C(c2ccsc2)C2=C(CCCC2=O)N1. The Bertz CT molecular complexity index is 1050. The largest absolute Gasteiger partial charge is 0.368 e. The number of dihydropyridines is 1. The first-order valence-corrected chi connectivity index (χ1v) is 11.9. The van der Waals surface area contributed by atoms with Crippen molar-refractivity contribution in [1.82, 2.24) is 10.2 Å². The third kappa shape index (κ3) is 3.69. The maximum absolute atomic E-state index is 13.8. The van der Waals surface area contributed by atoms with E-state index >= 15 is 0 Å². The van der Waals surface area contributed by atoms with Gasteiger partial charge in [0.2, 0.25) is 0 Å². The van der Waals surface area contributed by atoms with Crippen LogP contribution in [0.1, 0.15) is 37.7 Å². The molecule has 1 saturated heterocycles. The predicted molar refractivity (Wildman–Crippen MR) is 124 cm³/mol. The number of thiophene rings is 1. The molecule has 1 fully saturated rings. The fourth-order valence-electron chi connectivity index (χ4n) is 5.02. The van der Waals surface area contributed by atoms with Crippen molar-refractivity contribution < 1.29 is 9.59 Å². The van der Waals surface area contributed by atoms with Gasteiger partial charge >= 0.3 is 0 Å². The molecular formula is C25H27N3O2S. The van der Waals surface area contributed by atoms with E-state index in [0.717, 1.165) is 54.0 Å². The highest BCUT2D eigenvalue weighted by molar-refractivity contribution is 7.08. The van der Waals surface area contributed by atoms with E-state index in [1.54, 1.807) is 11.3 Å². The smallest absolute Gasteiger partial charge is 0.252 e. The van der Waals surface area contributed by atoms with Crippen molar-refractivity contribution in [2.24, 2.45) is 0 Å². The molecule has 1 aromatic heterocycles. The molecule has 3 heterocycles. The maximum atomic E-state index is 13.8. The number of allylic oxidation sites excluding steroid dienone is 3. The van der Waals surface area contributed by atoms with Crippen molar-refractivity contribution in [2.75, 3.05) is 31.1 Å². The van der Waals surface area contributed by atoms with Crippen LogP contribution in [-0.2, 0) is 9.59 Å². The summed E-state index contributed by atoms with van der Waals surface area (Å²) in [6.07, 6.45) is 2.31. The first-order valence-electron chi connectivity index (χ1n) is 11.0. The minimum Gasteiger partial charge on any atom is -0.368 e. The van der Waals surface area contributed by atoms with Crippen molar-refractivity contribution in [3.8, 4) is 0 Å². The van der Waals surface area contributed by atoms with E-state index in [1.807, 2.05) is 35.4 Å². The van der Waals surface area contributed by atoms with Gasteiger partial charge in [0, 0.05) is 66.7 Å². The minimum atomic E-state index is -0.255. The van der Waals surface area contributed by atoms with Crippen LogP contribution in [0.4, 0.5) is 5.69 Å². The van der Waals surface area contributed by atoms with Crippen LogP contribution in [0.5, 0.6) is 0 Å². The summed E-state index contributed by atoms with van der Waals surface area (Å²) >= 11 is 1.61. The Balaban J connectivity index is 1.42. The van der Waals surface area contributed by atoms with Gasteiger partial charge in [-0.15, -0.1) is 0 Å². The number of rotatable bonds is 3. The van der Waals surface area contributed by atoms with Crippen molar-refractivity contribution in [2.45, 2.75) is 32.1 Å². The lowest BCUT2D eigenvalue weighted by molar-refractivity contribution is -0.127. The highest BCUT2D eigenvalue weighted by Gasteiger charge is 2.40. The molecule has 1 amide bonds. The Morgan fingerprint density at radius 3 is 2.55 bits per heavy atom. The maximum Gasteiger partial charge on any atom is 0.252 e. The van der Waals surface area contributed by atoms with Crippen molar-refractivity contribution in [3.63, 3.8) is 0 Å². The normalized spacial score (nSPS) is 21.8. The van der Waals surface area contributed by atoms with Gasteiger partial charge in [-0.05, 0) is 54.3 Å². The van der Waals surface area contributed by atoms with Crippen molar-refractivity contribution in [1.29, 1.82) is 0 Å². The zero-order valence-corrected chi connectivity index (χ0v) is 18.6. The Morgan fingerprint density at radius 2 is 1.84 bits per heavy atom. The molecule has 1 atom stereocenters. The van der Waals surface area contributed by atoms with E-state index in [2.05, 4.69) is 33.8 Å². The first-order chi connectivity index (χ1) is 15.1. The number of nitrogens with one attached hydrogen (secondary N) is 1. The minimum absolute atomic E-state index is 0.0545. The Kier molecular flexibility index (Phi) is 5.40. The Morgan fingerprint density at radius 1 is 1.06 bits per heavy atom. The number of benzene rings is 1. The molecular weight excluding hydrogens is 406 g/mol.